The van der Waals surface area contributed by atoms with E-state index >= 15 is 0 Å². The van der Waals surface area contributed by atoms with Gasteiger partial charge in [-0.1, -0.05) is 33.1 Å². The number of unbranched alkanes of at least 4 members (excludes halogenated alkanes) is 2. The molecule has 1 aliphatic rings. The van der Waals surface area contributed by atoms with Crippen LogP contribution < -0.4 is 0 Å². The van der Waals surface area contributed by atoms with Crippen LogP contribution in [0.5, 0.6) is 0 Å². The Labute approximate surface area is 83.9 Å². The van der Waals surface area contributed by atoms with Gasteiger partial charge in [0.25, 0.3) is 0 Å². The van der Waals surface area contributed by atoms with Gasteiger partial charge in [0.05, 0.1) is 5.92 Å². The summed E-state index contributed by atoms with van der Waals surface area (Å²) >= 11 is 0. The van der Waals surface area contributed by atoms with E-state index in [1.807, 2.05) is 0 Å². The Hall–Kier alpha value is -0.210. The largest absolute Gasteiger partial charge is 0.392 e. The summed E-state index contributed by atoms with van der Waals surface area (Å²) < 4.78 is 37.5. The highest BCUT2D eigenvalue weighted by Gasteiger charge is 2.56. The molecule has 0 nitrogen and oxygen atoms in total. The van der Waals surface area contributed by atoms with Gasteiger partial charge in [0.2, 0.25) is 0 Å². The standard InChI is InChI=1S/C11H19F3/c1-3-4-5-7-10(2)8-6-9(10)11(12,13)14/h9H,3-8H2,1-2H3. The fourth-order valence-electron chi connectivity index (χ4n) is 2.42. The maximum absolute atomic E-state index is 12.5. The van der Waals surface area contributed by atoms with Crippen molar-refractivity contribution in [1.29, 1.82) is 0 Å². The molecule has 0 radical (unpaired) electrons. The molecule has 2 atom stereocenters. The molecule has 1 aliphatic carbocycles. The van der Waals surface area contributed by atoms with Crippen molar-refractivity contribution in [3.8, 4) is 0 Å². The van der Waals surface area contributed by atoms with E-state index in [-0.39, 0.29) is 0 Å². The van der Waals surface area contributed by atoms with E-state index in [1.165, 1.54) is 0 Å². The summed E-state index contributed by atoms with van der Waals surface area (Å²) in [5.74, 6) is -1.04. The third-order valence-electron chi connectivity index (χ3n) is 3.59. The smallest absolute Gasteiger partial charge is 0.171 e. The fourth-order valence-corrected chi connectivity index (χ4v) is 2.42. The van der Waals surface area contributed by atoms with Gasteiger partial charge in [0, 0.05) is 0 Å². The molecular formula is C11H19F3. The van der Waals surface area contributed by atoms with Crippen LogP contribution in [0.4, 0.5) is 13.2 Å². The van der Waals surface area contributed by atoms with E-state index in [0.29, 0.717) is 6.42 Å². The maximum atomic E-state index is 12.5. The molecule has 3 heteroatoms. The van der Waals surface area contributed by atoms with E-state index in [1.54, 1.807) is 6.92 Å². The molecule has 0 aromatic heterocycles. The Morgan fingerprint density at radius 3 is 2.29 bits per heavy atom. The van der Waals surface area contributed by atoms with Crippen LogP contribution in [-0.2, 0) is 0 Å². The van der Waals surface area contributed by atoms with Gasteiger partial charge < -0.3 is 0 Å². The molecule has 14 heavy (non-hydrogen) atoms. The van der Waals surface area contributed by atoms with E-state index in [2.05, 4.69) is 6.92 Å². The Kier molecular flexibility index (Phi) is 3.49. The van der Waals surface area contributed by atoms with Crippen LogP contribution in [0.2, 0.25) is 0 Å². The second-order valence-corrected chi connectivity index (χ2v) is 4.74. The van der Waals surface area contributed by atoms with Crippen LogP contribution in [0.1, 0.15) is 52.4 Å². The molecule has 0 aliphatic heterocycles. The number of hydrogen-bond acceptors (Lipinski definition) is 0. The van der Waals surface area contributed by atoms with Gasteiger partial charge in [-0.05, 0) is 24.7 Å². The lowest BCUT2D eigenvalue weighted by atomic mass is 9.58. The summed E-state index contributed by atoms with van der Waals surface area (Å²) in [5.41, 5.74) is -0.451. The molecule has 0 aromatic carbocycles. The zero-order valence-electron chi connectivity index (χ0n) is 8.95. The van der Waals surface area contributed by atoms with E-state index in [9.17, 15) is 13.2 Å². The van der Waals surface area contributed by atoms with Crippen LogP contribution in [0, 0.1) is 11.3 Å². The van der Waals surface area contributed by atoms with Crippen molar-refractivity contribution in [2.45, 2.75) is 58.5 Å². The lowest BCUT2D eigenvalue weighted by Gasteiger charge is -2.48. The van der Waals surface area contributed by atoms with Crippen LogP contribution in [0.15, 0.2) is 0 Å². The van der Waals surface area contributed by atoms with Crippen molar-refractivity contribution in [3.63, 3.8) is 0 Å². The molecule has 0 heterocycles. The van der Waals surface area contributed by atoms with E-state index in [0.717, 1.165) is 32.1 Å². The quantitative estimate of drug-likeness (QED) is 0.595. The second-order valence-electron chi connectivity index (χ2n) is 4.74. The molecule has 0 spiro atoms. The Morgan fingerprint density at radius 2 is 1.93 bits per heavy atom. The molecule has 0 N–H and O–H groups in total. The van der Waals surface area contributed by atoms with Crippen LogP contribution >= 0.6 is 0 Å². The van der Waals surface area contributed by atoms with Gasteiger partial charge in [-0.3, -0.25) is 0 Å². The fraction of sp³-hybridized carbons (Fsp3) is 1.00. The average Bonchev–Trinajstić information content (AvgIpc) is 1.99. The van der Waals surface area contributed by atoms with Crippen molar-refractivity contribution in [3.05, 3.63) is 0 Å². The van der Waals surface area contributed by atoms with Gasteiger partial charge in [0.1, 0.15) is 0 Å². The molecule has 2 unspecified atom stereocenters. The average molecular weight is 208 g/mol. The van der Waals surface area contributed by atoms with Crippen molar-refractivity contribution in [1.82, 2.24) is 0 Å². The topological polar surface area (TPSA) is 0 Å². The van der Waals surface area contributed by atoms with Gasteiger partial charge >= 0.3 is 6.18 Å². The predicted octanol–water partition coefficient (Wildman–Crippen LogP) is 4.55. The molecule has 1 rings (SSSR count). The maximum Gasteiger partial charge on any atom is 0.392 e. The summed E-state index contributed by atoms with van der Waals surface area (Å²) in [5, 5.41) is 0. The lowest BCUT2D eigenvalue weighted by molar-refractivity contribution is -0.238. The zero-order chi connectivity index (χ0) is 10.8. The molecule has 0 amide bonds. The van der Waals surface area contributed by atoms with Crippen LogP contribution in [0.3, 0.4) is 0 Å². The number of hydrogen-bond donors (Lipinski definition) is 0. The Bertz CT molecular complexity index is 185. The summed E-state index contributed by atoms with van der Waals surface area (Å²) in [4.78, 5) is 0. The lowest BCUT2D eigenvalue weighted by Crippen LogP contribution is -2.46. The molecule has 84 valence electrons. The number of rotatable bonds is 4. The highest BCUT2D eigenvalue weighted by molar-refractivity contribution is 4.95. The van der Waals surface area contributed by atoms with Crippen LogP contribution in [-0.4, -0.2) is 6.18 Å². The first-order valence-electron chi connectivity index (χ1n) is 5.47. The molecule has 1 fully saturated rings. The highest BCUT2D eigenvalue weighted by Crippen LogP contribution is 2.56. The van der Waals surface area contributed by atoms with Gasteiger partial charge in [-0.25, -0.2) is 0 Å². The number of halogens is 3. The minimum absolute atomic E-state index is 0.339. The molecule has 0 aromatic rings. The first-order chi connectivity index (χ1) is 6.40. The van der Waals surface area contributed by atoms with Crippen molar-refractivity contribution >= 4 is 0 Å². The highest BCUT2D eigenvalue weighted by atomic mass is 19.4. The van der Waals surface area contributed by atoms with E-state index in [4.69, 9.17) is 0 Å². The Morgan fingerprint density at radius 1 is 1.29 bits per heavy atom. The van der Waals surface area contributed by atoms with Crippen molar-refractivity contribution < 1.29 is 13.2 Å². The summed E-state index contributed by atoms with van der Waals surface area (Å²) in [6.45, 7) is 3.87. The Balaban J connectivity index is 2.42. The second kappa shape index (κ2) is 4.11. The SMILES string of the molecule is CCCCCC1(C)CCC1C(F)(F)F. The predicted molar refractivity (Wildman–Crippen MR) is 51.0 cm³/mol. The van der Waals surface area contributed by atoms with Gasteiger partial charge in [0.15, 0.2) is 0 Å². The molecular weight excluding hydrogens is 189 g/mol. The summed E-state index contributed by atoms with van der Waals surface area (Å²) in [7, 11) is 0. The van der Waals surface area contributed by atoms with Gasteiger partial charge in [-0.2, -0.15) is 13.2 Å². The van der Waals surface area contributed by atoms with Crippen LogP contribution in [0.25, 0.3) is 0 Å². The third-order valence-corrected chi connectivity index (χ3v) is 3.59. The minimum Gasteiger partial charge on any atom is -0.171 e. The van der Waals surface area contributed by atoms with Crippen molar-refractivity contribution in [2.75, 3.05) is 0 Å². The minimum atomic E-state index is -3.97. The normalized spacial score (nSPS) is 32.8. The summed E-state index contributed by atoms with van der Waals surface area (Å²) in [6, 6.07) is 0. The zero-order valence-corrected chi connectivity index (χ0v) is 8.95. The molecule has 0 bridgehead atoms. The molecule has 1 saturated carbocycles. The molecule has 0 saturated heterocycles. The third kappa shape index (κ3) is 2.43. The number of alkyl halides is 3. The summed E-state index contributed by atoms with van der Waals surface area (Å²) in [6.07, 6.45) is 0.934. The first kappa shape index (κ1) is 11.9. The van der Waals surface area contributed by atoms with E-state index < -0.39 is 17.5 Å². The monoisotopic (exact) mass is 208 g/mol. The van der Waals surface area contributed by atoms with Crippen molar-refractivity contribution in [2.24, 2.45) is 11.3 Å². The first-order valence-corrected chi connectivity index (χ1v) is 5.47. The van der Waals surface area contributed by atoms with Gasteiger partial charge in [-0.15, -0.1) is 0 Å².